The molecule has 0 spiro atoms. The van der Waals surface area contributed by atoms with E-state index in [2.05, 4.69) is 31.8 Å². The standard InChI is InChI=1S/C8H18.C7H9N/c1-3-5-7-8-6-4-2;1-6-3-4-8-7(2)5-6/h3-8H2,1-2H3;3-5H,1-2H3. The molecule has 0 unspecified atom stereocenters. The zero-order valence-corrected chi connectivity index (χ0v) is 11.4. The van der Waals surface area contributed by atoms with Crippen LogP contribution in [0.2, 0.25) is 0 Å². The summed E-state index contributed by atoms with van der Waals surface area (Å²) in [6.07, 6.45) is 10.3. The van der Waals surface area contributed by atoms with E-state index in [9.17, 15) is 0 Å². The summed E-state index contributed by atoms with van der Waals surface area (Å²) in [5.41, 5.74) is 2.36. The number of pyridine rings is 1. The fraction of sp³-hybridized carbons (Fsp3) is 0.667. The first-order chi connectivity index (χ1) is 7.70. The van der Waals surface area contributed by atoms with Crippen LogP contribution < -0.4 is 0 Å². The van der Waals surface area contributed by atoms with Crippen LogP contribution in [0.4, 0.5) is 0 Å². The summed E-state index contributed by atoms with van der Waals surface area (Å²) >= 11 is 0. The van der Waals surface area contributed by atoms with Gasteiger partial charge in [-0.25, -0.2) is 0 Å². The fourth-order valence-corrected chi connectivity index (χ4v) is 1.54. The Bertz CT molecular complexity index is 232. The topological polar surface area (TPSA) is 12.9 Å². The molecule has 1 nitrogen and oxygen atoms in total. The van der Waals surface area contributed by atoms with Crippen molar-refractivity contribution in [1.29, 1.82) is 0 Å². The van der Waals surface area contributed by atoms with Crippen LogP contribution in [0, 0.1) is 13.8 Å². The van der Waals surface area contributed by atoms with Crippen molar-refractivity contribution >= 4 is 0 Å². The largest absolute Gasteiger partial charge is 0.262 e. The number of nitrogens with zero attached hydrogens (tertiary/aromatic N) is 1. The van der Waals surface area contributed by atoms with Crippen molar-refractivity contribution in [2.75, 3.05) is 0 Å². The van der Waals surface area contributed by atoms with Gasteiger partial charge in [-0.15, -0.1) is 0 Å². The second-order valence-electron chi connectivity index (χ2n) is 4.39. The highest BCUT2D eigenvalue weighted by molar-refractivity contribution is 5.12. The molecular formula is C15H27N. The van der Waals surface area contributed by atoms with Gasteiger partial charge in [-0.3, -0.25) is 4.98 Å². The highest BCUT2D eigenvalue weighted by Crippen LogP contribution is 2.03. The molecule has 1 heterocycles. The van der Waals surface area contributed by atoms with Gasteiger partial charge in [0.2, 0.25) is 0 Å². The summed E-state index contributed by atoms with van der Waals surface area (Å²) in [6.45, 7) is 8.57. The van der Waals surface area contributed by atoms with E-state index < -0.39 is 0 Å². The Hall–Kier alpha value is -0.850. The lowest BCUT2D eigenvalue weighted by atomic mass is 10.1. The van der Waals surface area contributed by atoms with Crippen LogP contribution in [0.25, 0.3) is 0 Å². The number of aromatic nitrogens is 1. The zero-order chi connectivity index (χ0) is 12.2. The van der Waals surface area contributed by atoms with E-state index in [1.165, 1.54) is 44.1 Å². The van der Waals surface area contributed by atoms with Crippen LogP contribution in [-0.4, -0.2) is 4.98 Å². The smallest absolute Gasteiger partial charge is 0.0375 e. The number of aryl methyl sites for hydroxylation is 2. The van der Waals surface area contributed by atoms with E-state index in [4.69, 9.17) is 0 Å². The molecule has 0 aromatic carbocycles. The van der Waals surface area contributed by atoms with Gasteiger partial charge in [0.15, 0.2) is 0 Å². The maximum Gasteiger partial charge on any atom is 0.0375 e. The normalized spacial score (nSPS) is 9.50. The van der Waals surface area contributed by atoms with Crippen LogP contribution in [0.15, 0.2) is 18.3 Å². The van der Waals surface area contributed by atoms with Gasteiger partial charge in [-0.2, -0.15) is 0 Å². The Kier molecular flexibility index (Phi) is 10.1. The Balaban J connectivity index is 0.000000281. The minimum atomic E-state index is 1.09. The Morgan fingerprint density at radius 3 is 1.81 bits per heavy atom. The molecule has 1 aromatic rings. The highest BCUT2D eigenvalue weighted by Gasteiger charge is 1.83. The lowest BCUT2D eigenvalue weighted by molar-refractivity contribution is 0.624. The third kappa shape index (κ3) is 9.70. The van der Waals surface area contributed by atoms with Crippen molar-refractivity contribution in [1.82, 2.24) is 4.98 Å². The van der Waals surface area contributed by atoms with Crippen LogP contribution in [-0.2, 0) is 0 Å². The van der Waals surface area contributed by atoms with Crippen molar-refractivity contribution in [3.63, 3.8) is 0 Å². The average Bonchev–Trinajstić information content (AvgIpc) is 2.25. The van der Waals surface area contributed by atoms with Crippen molar-refractivity contribution in [3.8, 4) is 0 Å². The fourth-order valence-electron chi connectivity index (χ4n) is 1.54. The molecule has 0 radical (unpaired) electrons. The SMILES string of the molecule is CCCCCCCC.Cc1ccnc(C)c1. The molecule has 0 N–H and O–H groups in total. The van der Waals surface area contributed by atoms with Gasteiger partial charge in [-0.05, 0) is 31.5 Å². The van der Waals surface area contributed by atoms with Gasteiger partial charge in [0.05, 0.1) is 0 Å². The van der Waals surface area contributed by atoms with E-state index in [1.807, 2.05) is 19.2 Å². The van der Waals surface area contributed by atoms with Gasteiger partial charge in [0.25, 0.3) is 0 Å². The van der Waals surface area contributed by atoms with Gasteiger partial charge in [-0.1, -0.05) is 52.4 Å². The van der Waals surface area contributed by atoms with E-state index in [0.717, 1.165) is 5.69 Å². The third-order valence-electron chi connectivity index (χ3n) is 2.51. The van der Waals surface area contributed by atoms with Crippen LogP contribution in [0.1, 0.15) is 63.6 Å². The van der Waals surface area contributed by atoms with Gasteiger partial charge >= 0.3 is 0 Å². The first-order valence-electron chi connectivity index (χ1n) is 6.60. The lowest BCUT2D eigenvalue weighted by Crippen LogP contribution is -1.78. The molecule has 92 valence electrons. The molecule has 0 aliphatic rings. The number of rotatable bonds is 5. The molecule has 16 heavy (non-hydrogen) atoms. The number of unbranched alkanes of at least 4 members (excludes halogenated alkanes) is 5. The van der Waals surface area contributed by atoms with Gasteiger partial charge < -0.3 is 0 Å². The number of hydrogen-bond donors (Lipinski definition) is 0. The summed E-state index contributed by atoms with van der Waals surface area (Å²) in [4.78, 5) is 4.04. The van der Waals surface area contributed by atoms with Crippen molar-refractivity contribution in [2.45, 2.75) is 66.2 Å². The summed E-state index contributed by atoms with van der Waals surface area (Å²) in [5.74, 6) is 0. The van der Waals surface area contributed by atoms with E-state index in [-0.39, 0.29) is 0 Å². The van der Waals surface area contributed by atoms with Gasteiger partial charge in [0.1, 0.15) is 0 Å². The van der Waals surface area contributed by atoms with Gasteiger partial charge in [0, 0.05) is 11.9 Å². The summed E-state index contributed by atoms with van der Waals surface area (Å²) in [5, 5.41) is 0. The van der Waals surface area contributed by atoms with Crippen molar-refractivity contribution < 1.29 is 0 Å². The molecule has 0 bridgehead atoms. The molecule has 0 amide bonds. The number of hydrogen-bond acceptors (Lipinski definition) is 1. The Labute approximate surface area is 101 Å². The molecule has 0 atom stereocenters. The van der Waals surface area contributed by atoms with Crippen molar-refractivity contribution in [2.24, 2.45) is 0 Å². The predicted molar refractivity (Wildman–Crippen MR) is 72.8 cm³/mol. The minimum Gasteiger partial charge on any atom is -0.262 e. The first-order valence-corrected chi connectivity index (χ1v) is 6.60. The highest BCUT2D eigenvalue weighted by atomic mass is 14.6. The lowest BCUT2D eigenvalue weighted by Gasteiger charge is -1.93. The average molecular weight is 221 g/mol. The van der Waals surface area contributed by atoms with E-state index in [0.29, 0.717) is 0 Å². The molecule has 0 saturated heterocycles. The monoisotopic (exact) mass is 221 g/mol. The summed E-state index contributed by atoms with van der Waals surface area (Å²) < 4.78 is 0. The summed E-state index contributed by atoms with van der Waals surface area (Å²) in [6, 6.07) is 4.05. The first kappa shape index (κ1) is 15.2. The molecule has 1 heteroatoms. The quantitative estimate of drug-likeness (QED) is 0.633. The minimum absolute atomic E-state index is 1.09. The maximum absolute atomic E-state index is 4.04. The van der Waals surface area contributed by atoms with Crippen molar-refractivity contribution in [3.05, 3.63) is 29.6 Å². The predicted octanol–water partition coefficient (Wildman–Crippen LogP) is 5.07. The van der Waals surface area contributed by atoms with Crippen LogP contribution >= 0.6 is 0 Å². The molecule has 0 saturated carbocycles. The van der Waals surface area contributed by atoms with E-state index in [1.54, 1.807) is 0 Å². The second kappa shape index (κ2) is 10.7. The van der Waals surface area contributed by atoms with Crippen LogP contribution in [0.3, 0.4) is 0 Å². The molecule has 0 aliphatic heterocycles. The summed E-state index contributed by atoms with van der Waals surface area (Å²) in [7, 11) is 0. The van der Waals surface area contributed by atoms with Crippen LogP contribution in [0.5, 0.6) is 0 Å². The molecule has 0 fully saturated rings. The second-order valence-corrected chi connectivity index (χ2v) is 4.39. The third-order valence-corrected chi connectivity index (χ3v) is 2.51. The zero-order valence-electron chi connectivity index (χ0n) is 11.4. The maximum atomic E-state index is 4.04. The molecule has 0 aliphatic carbocycles. The Morgan fingerprint density at radius 1 is 0.938 bits per heavy atom. The molecular weight excluding hydrogens is 194 g/mol. The Morgan fingerprint density at radius 2 is 1.50 bits per heavy atom. The van der Waals surface area contributed by atoms with E-state index >= 15 is 0 Å². The molecule has 1 aromatic heterocycles. The molecule has 1 rings (SSSR count).